The van der Waals surface area contributed by atoms with Crippen LogP contribution >= 0.6 is 0 Å². The molecule has 2 heterocycles. The highest BCUT2D eigenvalue weighted by Gasteiger charge is 2.12. The van der Waals surface area contributed by atoms with Gasteiger partial charge in [-0.3, -0.25) is 4.79 Å². The number of Topliss-reactive ketones (excluding diaryl/α,β-unsaturated/α-hetero) is 1. The Morgan fingerprint density at radius 3 is 2.78 bits per heavy atom. The number of ether oxygens (including phenoxy) is 1. The fraction of sp³-hybridized carbons (Fsp3) is 0.357. The number of H-pyrrole nitrogens is 1. The summed E-state index contributed by atoms with van der Waals surface area (Å²) in [7, 11) is 0. The standard InChI is InChI=1S/C14H16N2O2/c1-10(17)14-9-11-8-12(2-3-13(11)15-14)16-4-6-18-7-5-16/h2-3,8-9,15H,4-7H2,1H3. The van der Waals surface area contributed by atoms with Crippen LogP contribution in [0.1, 0.15) is 17.4 Å². The predicted octanol–water partition coefficient (Wildman–Crippen LogP) is 2.21. The Morgan fingerprint density at radius 2 is 2.06 bits per heavy atom. The smallest absolute Gasteiger partial charge is 0.175 e. The van der Waals surface area contributed by atoms with E-state index < -0.39 is 0 Å². The molecule has 94 valence electrons. The first-order valence-electron chi connectivity index (χ1n) is 6.20. The maximum atomic E-state index is 11.3. The van der Waals surface area contributed by atoms with Gasteiger partial charge in [-0.05, 0) is 24.3 Å². The third-order valence-electron chi connectivity index (χ3n) is 3.36. The molecule has 4 heteroatoms. The van der Waals surface area contributed by atoms with E-state index in [1.807, 2.05) is 12.1 Å². The lowest BCUT2D eigenvalue weighted by Crippen LogP contribution is -2.36. The predicted molar refractivity (Wildman–Crippen MR) is 71.3 cm³/mol. The van der Waals surface area contributed by atoms with Crippen LogP contribution in [0.3, 0.4) is 0 Å². The van der Waals surface area contributed by atoms with Crippen molar-refractivity contribution in [1.29, 1.82) is 0 Å². The number of rotatable bonds is 2. The minimum absolute atomic E-state index is 0.0686. The molecule has 1 fully saturated rings. The van der Waals surface area contributed by atoms with E-state index in [9.17, 15) is 4.79 Å². The Labute approximate surface area is 106 Å². The van der Waals surface area contributed by atoms with E-state index in [-0.39, 0.29) is 5.78 Å². The Hall–Kier alpha value is -1.81. The van der Waals surface area contributed by atoms with Crippen molar-refractivity contribution in [3.63, 3.8) is 0 Å². The van der Waals surface area contributed by atoms with Crippen LogP contribution in [0, 0.1) is 0 Å². The summed E-state index contributed by atoms with van der Waals surface area (Å²) in [4.78, 5) is 16.8. The van der Waals surface area contributed by atoms with Gasteiger partial charge in [0, 0.05) is 36.6 Å². The highest BCUT2D eigenvalue weighted by molar-refractivity contribution is 5.98. The van der Waals surface area contributed by atoms with Crippen LogP contribution in [0.5, 0.6) is 0 Å². The molecule has 0 spiro atoms. The maximum absolute atomic E-state index is 11.3. The van der Waals surface area contributed by atoms with E-state index in [1.54, 1.807) is 6.92 Å². The summed E-state index contributed by atoms with van der Waals surface area (Å²) < 4.78 is 5.35. The van der Waals surface area contributed by atoms with Gasteiger partial charge in [-0.25, -0.2) is 0 Å². The quantitative estimate of drug-likeness (QED) is 0.824. The van der Waals surface area contributed by atoms with Crippen LogP contribution < -0.4 is 4.90 Å². The molecule has 1 aromatic carbocycles. The highest BCUT2D eigenvalue weighted by Crippen LogP contribution is 2.23. The number of morpholine rings is 1. The molecule has 2 aromatic rings. The van der Waals surface area contributed by atoms with Crippen LogP contribution in [-0.4, -0.2) is 37.1 Å². The maximum Gasteiger partial charge on any atom is 0.175 e. The SMILES string of the molecule is CC(=O)c1cc2cc(N3CCOCC3)ccc2[nH]1. The molecule has 1 saturated heterocycles. The molecule has 0 unspecified atom stereocenters. The van der Waals surface area contributed by atoms with Gasteiger partial charge in [0.1, 0.15) is 0 Å². The zero-order valence-electron chi connectivity index (χ0n) is 10.4. The molecule has 0 amide bonds. The summed E-state index contributed by atoms with van der Waals surface area (Å²) in [6, 6.07) is 8.17. The third-order valence-corrected chi connectivity index (χ3v) is 3.36. The van der Waals surface area contributed by atoms with Crippen molar-refractivity contribution in [2.24, 2.45) is 0 Å². The molecular weight excluding hydrogens is 228 g/mol. The lowest BCUT2D eigenvalue weighted by Gasteiger charge is -2.28. The zero-order chi connectivity index (χ0) is 12.5. The van der Waals surface area contributed by atoms with Crippen molar-refractivity contribution in [1.82, 2.24) is 4.98 Å². The number of hydrogen-bond donors (Lipinski definition) is 1. The molecule has 3 rings (SSSR count). The number of aromatic amines is 1. The average molecular weight is 244 g/mol. The van der Waals surface area contributed by atoms with Gasteiger partial charge in [0.05, 0.1) is 18.9 Å². The summed E-state index contributed by atoms with van der Waals surface area (Å²) in [5, 5.41) is 1.09. The fourth-order valence-electron chi connectivity index (χ4n) is 2.33. The molecule has 18 heavy (non-hydrogen) atoms. The first-order valence-corrected chi connectivity index (χ1v) is 6.20. The highest BCUT2D eigenvalue weighted by atomic mass is 16.5. The number of benzene rings is 1. The summed E-state index contributed by atoms with van der Waals surface area (Å²) in [6.45, 7) is 4.99. The summed E-state index contributed by atoms with van der Waals surface area (Å²) in [5.41, 5.74) is 2.88. The molecule has 0 bridgehead atoms. The number of carbonyl (C=O) groups is 1. The van der Waals surface area contributed by atoms with Crippen LogP contribution in [0.15, 0.2) is 24.3 Å². The molecule has 1 aliphatic heterocycles. The number of ketones is 1. The van der Waals surface area contributed by atoms with E-state index in [2.05, 4.69) is 22.0 Å². The van der Waals surface area contributed by atoms with E-state index in [4.69, 9.17) is 4.74 Å². The molecule has 0 atom stereocenters. The molecule has 0 saturated carbocycles. The van der Waals surface area contributed by atoms with E-state index in [1.165, 1.54) is 5.69 Å². The zero-order valence-corrected chi connectivity index (χ0v) is 10.4. The van der Waals surface area contributed by atoms with Gasteiger partial charge in [-0.1, -0.05) is 0 Å². The summed E-state index contributed by atoms with van der Waals surface area (Å²) >= 11 is 0. The van der Waals surface area contributed by atoms with Crippen molar-refractivity contribution in [2.45, 2.75) is 6.92 Å². The lowest BCUT2D eigenvalue weighted by atomic mass is 10.2. The summed E-state index contributed by atoms with van der Waals surface area (Å²) in [5.74, 6) is 0.0686. The van der Waals surface area contributed by atoms with Gasteiger partial charge in [0.15, 0.2) is 5.78 Å². The number of nitrogens with one attached hydrogen (secondary N) is 1. The minimum atomic E-state index is 0.0686. The lowest BCUT2D eigenvalue weighted by molar-refractivity contribution is 0.101. The molecule has 0 radical (unpaired) electrons. The summed E-state index contributed by atoms with van der Waals surface area (Å²) in [6.07, 6.45) is 0. The molecule has 0 aliphatic carbocycles. The Morgan fingerprint density at radius 1 is 1.28 bits per heavy atom. The Balaban J connectivity index is 1.96. The second kappa shape index (κ2) is 4.46. The number of fused-ring (bicyclic) bond motifs is 1. The fourth-order valence-corrected chi connectivity index (χ4v) is 2.33. The average Bonchev–Trinajstić information content (AvgIpc) is 2.82. The van der Waals surface area contributed by atoms with E-state index >= 15 is 0 Å². The molecule has 1 aromatic heterocycles. The van der Waals surface area contributed by atoms with Crippen molar-refractivity contribution >= 4 is 22.4 Å². The Kier molecular flexibility index (Phi) is 2.80. The van der Waals surface area contributed by atoms with Crippen molar-refractivity contribution < 1.29 is 9.53 Å². The second-order valence-electron chi connectivity index (χ2n) is 4.61. The van der Waals surface area contributed by atoms with Gasteiger partial charge in [-0.2, -0.15) is 0 Å². The van der Waals surface area contributed by atoms with Gasteiger partial charge in [0.25, 0.3) is 0 Å². The van der Waals surface area contributed by atoms with Crippen LogP contribution in [-0.2, 0) is 4.74 Å². The van der Waals surface area contributed by atoms with Crippen LogP contribution in [0.25, 0.3) is 10.9 Å². The van der Waals surface area contributed by atoms with Gasteiger partial charge >= 0.3 is 0 Å². The molecule has 1 aliphatic rings. The van der Waals surface area contributed by atoms with E-state index in [0.717, 1.165) is 37.2 Å². The number of anilines is 1. The first kappa shape index (κ1) is 11.3. The Bertz CT molecular complexity index is 582. The van der Waals surface area contributed by atoms with Crippen LogP contribution in [0.2, 0.25) is 0 Å². The van der Waals surface area contributed by atoms with Crippen molar-refractivity contribution in [2.75, 3.05) is 31.2 Å². The van der Waals surface area contributed by atoms with Crippen molar-refractivity contribution in [3.8, 4) is 0 Å². The van der Waals surface area contributed by atoms with Gasteiger partial charge < -0.3 is 14.6 Å². The normalized spacial score (nSPS) is 16.2. The van der Waals surface area contributed by atoms with E-state index in [0.29, 0.717) is 5.69 Å². The number of carbonyl (C=O) groups excluding carboxylic acids is 1. The van der Waals surface area contributed by atoms with Crippen LogP contribution in [0.4, 0.5) is 5.69 Å². The topological polar surface area (TPSA) is 45.3 Å². The van der Waals surface area contributed by atoms with Crippen molar-refractivity contribution in [3.05, 3.63) is 30.0 Å². The number of hydrogen-bond acceptors (Lipinski definition) is 3. The third kappa shape index (κ3) is 1.99. The molecular formula is C14H16N2O2. The largest absolute Gasteiger partial charge is 0.378 e. The molecule has 1 N–H and O–H groups in total. The second-order valence-corrected chi connectivity index (χ2v) is 4.61. The first-order chi connectivity index (χ1) is 8.74. The minimum Gasteiger partial charge on any atom is -0.378 e. The van der Waals surface area contributed by atoms with Gasteiger partial charge in [-0.15, -0.1) is 0 Å². The number of nitrogens with zero attached hydrogens (tertiary/aromatic N) is 1. The molecule has 4 nitrogen and oxygen atoms in total. The monoisotopic (exact) mass is 244 g/mol. The van der Waals surface area contributed by atoms with Gasteiger partial charge in [0.2, 0.25) is 0 Å². The number of aromatic nitrogens is 1.